The lowest BCUT2D eigenvalue weighted by Gasteiger charge is -2.27. The Kier molecular flexibility index (Phi) is 5.53. The molecule has 2 aromatic carbocycles. The molecule has 3 aromatic rings. The third-order valence-electron chi connectivity index (χ3n) is 5.62. The van der Waals surface area contributed by atoms with Gasteiger partial charge in [0.1, 0.15) is 0 Å². The summed E-state index contributed by atoms with van der Waals surface area (Å²) in [5.74, 6) is 1.36. The lowest BCUT2D eigenvalue weighted by atomic mass is 9.78. The van der Waals surface area contributed by atoms with E-state index >= 15 is 0 Å². The predicted octanol–water partition coefficient (Wildman–Crippen LogP) is 5.28. The van der Waals surface area contributed by atoms with Gasteiger partial charge in [-0.05, 0) is 36.6 Å². The summed E-state index contributed by atoms with van der Waals surface area (Å²) in [6, 6.07) is 15.8. The van der Waals surface area contributed by atoms with Crippen molar-refractivity contribution in [3.05, 3.63) is 59.5 Å². The molecule has 1 aromatic heterocycles. The third-order valence-corrected chi connectivity index (χ3v) is 6.38. The molecule has 0 atom stereocenters. The minimum atomic E-state index is -0.462. The summed E-state index contributed by atoms with van der Waals surface area (Å²) >= 11 is 1.43. The SMILES string of the molecule is COc1ccc(-c2csc(NC(=O)C3(c4ccccc4)CCCC3)n2)cc1OC. The van der Waals surface area contributed by atoms with Gasteiger partial charge in [-0.25, -0.2) is 4.98 Å². The van der Waals surface area contributed by atoms with E-state index in [1.165, 1.54) is 11.3 Å². The van der Waals surface area contributed by atoms with Crippen molar-refractivity contribution in [2.75, 3.05) is 19.5 Å². The van der Waals surface area contributed by atoms with Gasteiger partial charge in [0.2, 0.25) is 5.91 Å². The molecule has 6 heteroatoms. The molecule has 0 spiro atoms. The maximum atomic E-state index is 13.3. The fraction of sp³-hybridized carbons (Fsp3) is 0.304. The van der Waals surface area contributed by atoms with Crippen LogP contribution in [0.15, 0.2) is 53.9 Å². The van der Waals surface area contributed by atoms with Crippen molar-refractivity contribution >= 4 is 22.4 Å². The van der Waals surface area contributed by atoms with Crippen LogP contribution in [0.4, 0.5) is 5.13 Å². The van der Waals surface area contributed by atoms with E-state index in [2.05, 4.69) is 22.4 Å². The molecule has 1 saturated carbocycles. The Morgan fingerprint density at radius 2 is 1.76 bits per heavy atom. The number of anilines is 1. The van der Waals surface area contributed by atoms with Gasteiger partial charge in [-0.2, -0.15) is 0 Å². The molecule has 1 amide bonds. The first kappa shape index (κ1) is 19.5. The van der Waals surface area contributed by atoms with Crippen LogP contribution in [0.1, 0.15) is 31.2 Å². The lowest BCUT2D eigenvalue weighted by Crippen LogP contribution is -2.37. The molecule has 150 valence electrons. The Morgan fingerprint density at radius 1 is 1.03 bits per heavy atom. The summed E-state index contributed by atoms with van der Waals surface area (Å²) in [5.41, 5.74) is 2.34. The highest BCUT2D eigenvalue weighted by Crippen LogP contribution is 2.42. The van der Waals surface area contributed by atoms with Crippen LogP contribution in [0.2, 0.25) is 0 Å². The van der Waals surface area contributed by atoms with E-state index in [1.54, 1.807) is 14.2 Å². The van der Waals surface area contributed by atoms with Crippen molar-refractivity contribution in [3.8, 4) is 22.8 Å². The third kappa shape index (κ3) is 3.72. The Morgan fingerprint density at radius 3 is 2.45 bits per heavy atom. The summed E-state index contributed by atoms with van der Waals surface area (Å²) in [6.45, 7) is 0. The van der Waals surface area contributed by atoms with Gasteiger partial charge in [0, 0.05) is 10.9 Å². The maximum Gasteiger partial charge on any atom is 0.236 e. The van der Waals surface area contributed by atoms with Crippen LogP contribution in [0.5, 0.6) is 11.5 Å². The number of ether oxygens (including phenoxy) is 2. The molecule has 1 aliphatic carbocycles. The molecule has 1 fully saturated rings. The van der Waals surface area contributed by atoms with Gasteiger partial charge in [-0.15, -0.1) is 11.3 Å². The van der Waals surface area contributed by atoms with Crippen molar-refractivity contribution in [3.63, 3.8) is 0 Å². The number of amides is 1. The second kappa shape index (κ2) is 8.25. The van der Waals surface area contributed by atoms with E-state index in [1.807, 2.05) is 41.8 Å². The standard InChI is InChI=1S/C23H24N2O3S/c1-27-19-11-10-16(14-20(19)28-2)18-15-29-22(24-18)25-21(26)23(12-6-7-13-23)17-8-4-3-5-9-17/h3-5,8-11,14-15H,6-7,12-13H2,1-2H3,(H,24,25,26). The van der Waals surface area contributed by atoms with Crippen LogP contribution in [0.3, 0.4) is 0 Å². The number of methoxy groups -OCH3 is 2. The largest absolute Gasteiger partial charge is 0.493 e. The molecular weight excluding hydrogens is 384 g/mol. The molecule has 4 rings (SSSR count). The second-order valence-corrected chi connectivity index (χ2v) is 8.08. The lowest BCUT2D eigenvalue weighted by molar-refractivity contribution is -0.121. The first-order chi connectivity index (χ1) is 14.2. The van der Waals surface area contributed by atoms with Crippen LogP contribution < -0.4 is 14.8 Å². The summed E-state index contributed by atoms with van der Waals surface area (Å²) < 4.78 is 10.7. The zero-order valence-corrected chi connectivity index (χ0v) is 17.4. The summed E-state index contributed by atoms with van der Waals surface area (Å²) in [4.78, 5) is 17.9. The second-order valence-electron chi connectivity index (χ2n) is 7.22. The number of benzene rings is 2. The minimum absolute atomic E-state index is 0.0365. The smallest absolute Gasteiger partial charge is 0.236 e. The minimum Gasteiger partial charge on any atom is -0.493 e. The molecule has 1 heterocycles. The molecular formula is C23H24N2O3S. The summed E-state index contributed by atoms with van der Waals surface area (Å²) in [5, 5.41) is 5.64. The van der Waals surface area contributed by atoms with Crippen LogP contribution in [0.25, 0.3) is 11.3 Å². The number of carbonyl (C=O) groups excluding carboxylic acids is 1. The Labute approximate surface area is 174 Å². The van der Waals surface area contributed by atoms with E-state index in [9.17, 15) is 4.79 Å². The van der Waals surface area contributed by atoms with E-state index in [4.69, 9.17) is 9.47 Å². The molecule has 5 nitrogen and oxygen atoms in total. The average Bonchev–Trinajstić information content (AvgIpc) is 3.44. The number of hydrogen-bond acceptors (Lipinski definition) is 5. The fourth-order valence-corrected chi connectivity index (χ4v) is 4.77. The normalized spacial score (nSPS) is 15.1. The van der Waals surface area contributed by atoms with Gasteiger partial charge >= 0.3 is 0 Å². The van der Waals surface area contributed by atoms with Crippen LogP contribution in [0, 0.1) is 0 Å². The fourth-order valence-electron chi connectivity index (χ4n) is 4.06. The predicted molar refractivity (Wildman–Crippen MR) is 116 cm³/mol. The molecule has 1 N–H and O–H groups in total. The van der Waals surface area contributed by atoms with E-state index < -0.39 is 5.41 Å². The van der Waals surface area contributed by atoms with Crippen LogP contribution in [-0.4, -0.2) is 25.1 Å². The zero-order valence-electron chi connectivity index (χ0n) is 16.6. The van der Waals surface area contributed by atoms with Gasteiger partial charge in [-0.1, -0.05) is 43.2 Å². The van der Waals surface area contributed by atoms with Crippen molar-refractivity contribution in [2.45, 2.75) is 31.1 Å². The summed E-state index contributed by atoms with van der Waals surface area (Å²) in [7, 11) is 3.22. The van der Waals surface area contributed by atoms with Crippen molar-refractivity contribution in [1.82, 2.24) is 4.98 Å². The van der Waals surface area contributed by atoms with Crippen molar-refractivity contribution in [1.29, 1.82) is 0 Å². The number of thiazole rings is 1. The van der Waals surface area contributed by atoms with Crippen LogP contribution >= 0.6 is 11.3 Å². The Hall–Kier alpha value is -2.86. The highest BCUT2D eigenvalue weighted by Gasteiger charge is 2.42. The van der Waals surface area contributed by atoms with E-state index in [0.717, 1.165) is 42.5 Å². The Bertz CT molecular complexity index is 994. The molecule has 29 heavy (non-hydrogen) atoms. The van der Waals surface area contributed by atoms with Crippen LogP contribution in [-0.2, 0) is 10.2 Å². The molecule has 0 bridgehead atoms. The number of rotatable bonds is 6. The first-order valence-electron chi connectivity index (χ1n) is 9.71. The van der Waals surface area contributed by atoms with Crippen molar-refractivity contribution < 1.29 is 14.3 Å². The number of nitrogens with zero attached hydrogens (tertiary/aromatic N) is 1. The monoisotopic (exact) mass is 408 g/mol. The maximum absolute atomic E-state index is 13.3. The number of nitrogens with one attached hydrogen (secondary N) is 1. The number of carbonyl (C=O) groups is 1. The van der Waals surface area contributed by atoms with Crippen molar-refractivity contribution in [2.24, 2.45) is 0 Å². The molecule has 0 unspecified atom stereocenters. The number of aromatic nitrogens is 1. The molecule has 0 radical (unpaired) electrons. The van der Waals surface area contributed by atoms with E-state index in [-0.39, 0.29) is 5.91 Å². The Balaban J connectivity index is 1.57. The highest BCUT2D eigenvalue weighted by atomic mass is 32.1. The zero-order chi connectivity index (χ0) is 20.3. The van der Waals surface area contributed by atoms with Gasteiger partial charge in [0.15, 0.2) is 16.6 Å². The molecule has 0 aliphatic heterocycles. The highest BCUT2D eigenvalue weighted by molar-refractivity contribution is 7.14. The average molecular weight is 409 g/mol. The van der Waals surface area contributed by atoms with E-state index in [0.29, 0.717) is 16.6 Å². The first-order valence-corrected chi connectivity index (χ1v) is 10.6. The summed E-state index contributed by atoms with van der Waals surface area (Å²) in [6.07, 6.45) is 3.88. The number of hydrogen-bond donors (Lipinski definition) is 1. The quantitative estimate of drug-likeness (QED) is 0.603. The topological polar surface area (TPSA) is 60.5 Å². The molecule has 1 aliphatic rings. The van der Waals surface area contributed by atoms with Gasteiger partial charge in [0.05, 0.1) is 25.3 Å². The van der Waals surface area contributed by atoms with Gasteiger partial charge < -0.3 is 14.8 Å². The van der Waals surface area contributed by atoms with Gasteiger partial charge in [-0.3, -0.25) is 4.79 Å². The molecule has 0 saturated heterocycles. The van der Waals surface area contributed by atoms with Gasteiger partial charge in [0.25, 0.3) is 0 Å².